The summed E-state index contributed by atoms with van der Waals surface area (Å²) in [5, 5.41) is 6.65. The monoisotopic (exact) mass is 433 g/mol. The number of benzene rings is 1. The number of carbonyl (C=O) groups excluding carboxylic acids is 2. The number of ether oxygens (including phenoxy) is 1. The largest absolute Gasteiger partial charge is 0.496 e. The number of halogens is 1. The summed E-state index contributed by atoms with van der Waals surface area (Å²) in [5.74, 6) is 1.86. The maximum Gasteiger partial charge on any atom is 0.251 e. The number of amides is 2. The molecule has 0 unspecified atom stereocenters. The van der Waals surface area contributed by atoms with Gasteiger partial charge in [-0.1, -0.05) is 6.08 Å². The fourth-order valence-corrected chi connectivity index (χ4v) is 5.43. The highest BCUT2D eigenvalue weighted by Gasteiger charge is 2.47. The molecule has 3 aliphatic rings. The molecule has 6 nitrogen and oxygen atoms in total. The summed E-state index contributed by atoms with van der Waals surface area (Å²) >= 11 is 0. The second kappa shape index (κ2) is 9.84. The third-order valence-corrected chi connectivity index (χ3v) is 6.78. The van der Waals surface area contributed by atoms with E-state index in [0.29, 0.717) is 42.8 Å². The number of carbonyl (C=O) groups is 2. The molecule has 4 rings (SSSR count). The fraction of sp³-hybridized carbons (Fsp3) is 0.565. The van der Waals surface area contributed by atoms with Gasteiger partial charge in [-0.3, -0.25) is 9.59 Å². The van der Waals surface area contributed by atoms with Gasteiger partial charge in [-0.05, 0) is 67.8 Å². The van der Waals surface area contributed by atoms with Gasteiger partial charge in [-0.2, -0.15) is 0 Å². The van der Waals surface area contributed by atoms with E-state index in [4.69, 9.17) is 4.74 Å². The van der Waals surface area contributed by atoms with Crippen LogP contribution >= 0.6 is 12.4 Å². The van der Waals surface area contributed by atoms with Crippen LogP contribution in [0.2, 0.25) is 0 Å². The predicted octanol–water partition coefficient (Wildman–Crippen LogP) is 2.56. The Hall–Kier alpha value is -2.05. The quantitative estimate of drug-likeness (QED) is 0.676. The summed E-state index contributed by atoms with van der Waals surface area (Å²) in [5.41, 5.74) is 1.55. The molecule has 2 bridgehead atoms. The molecule has 3 heterocycles. The van der Waals surface area contributed by atoms with Gasteiger partial charge in [0.1, 0.15) is 5.75 Å². The van der Waals surface area contributed by atoms with Gasteiger partial charge in [-0.25, -0.2) is 0 Å². The van der Waals surface area contributed by atoms with E-state index < -0.39 is 0 Å². The molecule has 0 spiro atoms. The van der Waals surface area contributed by atoms with E-state index in [2.05, 4.69) is 22.1 Å². The summed E-state index contributed by atoms with van der Waals surface area (Å²) in [6, 6.07) is 5.88. The first-order chi connectivity index (χ1) is 14.1. The predicted molar refractivity (Wildman–Crippen MR) is 119 cm³/mol. The Morgan fingerprint density at radius 2 is 2.17 bits per heavy atom. The van der Waals surface area contributed by atoms with Crippen molar-refractivity contribution in [2.75, 3.05) is 26.7 Å². The Bertz CT molecular complexity index is 800. The minimum atomic E-state index is -0.107. The van der Waals surface area contributed by atoms with Gasteiger partial charge >= 0.3 is 0 Å². The van der Waals surface area contributed by atoms with Crippen LogP contribution in [-0.2, 0) is 11.2 Å². The Balaban J connectivity index is 0.00000256. The lowest BCUT2D eigenvalue weighted by Gasteiger charge is -2.54. The standard InChI is InChI=1S/C23H31N3O3.ClH/c1-3-5-15-10-16(8-9-21(15)29-2)23(28)25-14-20-18-11-17(12-24-13-18)19-6-4-7-22(27)26(19)20;/h3,8-10,17-20,24H,1,4-7,11-14H2,2H3,(H,25,28);1H/t17-,18+,19+,20+;/m1./s1. The van der Waals surface area contributed by atoms with Gasteiger partial charge < -0.3 is 20.3 Å². The van der Waals surface area contributed by atoms with Crippen molar-refractivity contribution in [1.29, 1.82) is 0 Å². The summed E-state index contributed by atoms with van der Waals surface area (Å²) in [6.07, 6.45) is 6.30. The van der Waals surface area contributed by atoms with Crippen molar-refractivity contribution < 1.29 is 14.3 Å². The molecule has 0 aromatic heterocycles. The van der Waals surface area contributed by atoms with Crippen LogP contribution in [-0.4, -0.2) is 55.5 Å². The van der Waals surface area contributed by atoms with Crippen molar-refractivity contribution in [3.05, 3.63) is 42.0 Å². The molecular formula is C23H32ClN3O3. The highest BCUT2D eigenvalue weighted by Crippen LogP contribution is 2.39. The number of hydrogen-bond donors (Lipinski definition) is 2. The fourth-order valence-electron chi connectivity index (χ4n) is 5.43. The van der Waals surface area contributed by atoms with Crippen molar-refractivity contribution in [3.63, 3.8) is 0 Å². The Morgan fingerprint density at radius 3 is 2.93 bits per heavy atom. The lowest BCUT2D eigenvalue weighted by atomic mass is 9.72. The molecule has 2 amide bonds. The number of rotatable bonds is 6. The first-order valence-electron chi connectivity index (χ1n) is 10.7. The average Bonchev–Trinajstić information content (AvgIpc) is 2.74. The first-order valence-corrected chi connectivity index (χ1v) is 10.7. The number of fused-ring (bicyclic) bond motifs is 4. The van der Waals surface area contributed by atoms with Crippen LogP contribution in [0.1, 0.15) is 41.6 Å². The van der Waals surface area contributed by atoms with E-state index in [0.717, 1.165) is 43.7 Å². The summed E-state index contributed by atoms with van der Waals surface area (Å²) in [6.45, 7) is 6.20. The minimum absolute atomic E-state index is 0. The van der Waals surface area contributed by atoms with Gasteiger partial charge in [0.15, 0.2) is 0 Å². The van der Waals surface area contributed by atoms with Crippen LogP contribution in [0.4, 0.5) is 0 Å². The third-order valence-electron chi connectivity index (χ3n) is 6.78. The molecule has 2 N–H and O–H groups in total. The van der Waals surface area contributed by atoms with Crippen LogP contribution in [0.25, 0.3) is 0 Å². The van der Waals surface area contributed by atoms with Gasteiger partial charge in [0, 0.05) is 31.1 Å². The van der Waals surface area contributed by atoms with E-state index in [1.807, 2.05) is 12.1 Å². The maximum atomic E-state index is 12.9. The molecule has 3 aliphatic heterocycles. The average molecular weight is 434 g/mol. The van der Waals surface area contributed by atoms with E-state index in [9.17, 15) is 9.59 Å². The SMILES string of the molecule is C=CCc1cc(C(=O)NC[C@H]2[C@@H]3CNC[C@@H](C3)[C@@H]3CCCC(=O)N32)ccc1OC.Cl. The second-order valence-corrected chi connectivity index (χ2v) is 8.47. The van der Waals surface area contributed by atoms with Crippen molar-refractivity contribution >= 4 is 24.2 Å². The third kappa shape index (κ3) is 4.35. The molecule has 0 saturated carbocycles. The molecule has 4 atom stereocenters. The minimum Gasteiger partial charge on any atom is -0.496 e. The molecule has 164 valence electrons. The zero-order valence-corrected chi connectivity index (χ0v) is 18.4. The van der Waals surface area contributed by atoms with Crippen LogP contribution in [0.3, 0.4) is 0 Å². The Kier molecular flexibility index (Phi) is 7.42. The second-order valence-electron chi connectivity index (χ2n) is 8.47. The van der Waals surface area contributed by atoms with Gasteiger partial charge in [0.2, 0.25) is 5.91 Å². The number of nitrogens with one attached hydrogen (secondary N) is 2. The van der Waals surface area contributed by atoms with Crippen LogP contribution < -0.4 is 15.4 Å². The molecule has 3 saturated heterocycles. The topological polar surface area (TPSA) is 70.7 Å². The smallest absolute Gasteiger partial charge is 0.251 e. The van der Waals surface area contributed by atoms with Gasteiger partial charge in [0.05, 0.1) is 13.2 Å². The lowest BCUT2D eigenvalue weighted by Crippen LogP contribution is -2.66. The number of allylic oxidation sites excluding steroid dienone is 1. The van der Waals surface area contributed by atoms with Crippen molar-refractivity contribution in [2.24, 2.45) is 11.8 Å². The van der Waals surface area contributed by atoms with E-state index >= 15 is 0 Å². The zero-order chi connectivity index (χ0) is 20.4. The van der Waals surface area contributed by atoms with Crippen molar-refractivity contribution in [3.8, 4) is 5.75 Å². The van der Waals surface area contributed by atoms with Crippen LogP contribution in [0.15, 0.2) is 30.9 Å². The maximum absolute atomic E-state index is 12.9. The summed E-state index contributed by atoms with van der Waals surface area (Å²) < 4.78 is 5.37. The van der Waals surface area contributed by atoms with Crippen molar-refractivity contribution in [1.82, 2.24) is 15.5 Å². The normalized spacial score (nSPS) is 27.5. The molecule has 7 heteroatoms. The molecule has 3 fully saturated rings. The Morgan fingerprint density at radius 1 is 1.37 bits per heavy atom. The number of piperidine rings is 3. The highest BCUT2D eigenvalue weighted by molar-refractivity contribution is 5.94. The van der Waals surface area contributed by atoms with Crippen molar-refractivity contribution in [2.45, 2.75) is 44.2 Å². The van der Waals surface area contributed by atoms with Gasteiger partial charge in [-0.15, -0.1) is 19.0 Å². The molecule has 1 aromatic carbocycles. The molecule has 0 radical (unpaired) electrons. The molecular weight excluding hydrogens is 402 g/mol. The first kappa shape index (κ1) is 22.6. The summed E-state index contributed by atoms with van der Waals surface area (Å²) in [7, 11) is 1.63. The number of methoxy groups -OCH3 is 1. The Labute approximate surface area is 184 Å². The van der Waals surface area contributed by atoms with Gasteiger partial charge in [0.25, 0.3) is 5.91 Å². The number of nitrogens with zero attached hydrogens (tertiary/aromatic N) is 1. The molecule has 1 aromatic rings. The van der Waals surface area contributed by atoms with E-state index in [-0.39, 0.29) is 30.3 Å². The zero-order valence-electron chi connectivity index (χ0n) is 17.6. The molecule has 30 heavy (non-hydrogen) atoms. The lowest BCUT2D eigenvalue weighted by molar-refractivity contribution is -0.148. The van der Waals surface area contributed by atoms with Crippen LogP contribution in [0.5, 0.6) is 5.75 Å². The highest BCUT2D eigenvalue weighted by atomic mass is 35.5. The molecule has 0 aliphatic carbocycles. The van der Waals surface area contributed by atoms with E-state index in [1.165, 1.54) is 0 Å². The van der Waals surface area contributed by atoms with Crippen LogP contribution in [0, 0.1) is 11.8 Å². The number of hydrogen-bond acceptors (Lipinski definition) is 4. The summed E-state index contributed by atoms with van der Waals surface area (Å²) in [4.78, 5) is 27.7. The van der Waals surface area contributed by atoms with E-state index in [1.54, 1.807) is 19.3 Å².